The lowest BCUT2D eigenvalue weighted by Crippen LogP contribution is -2.36. The predicted octanol–water partition coefficient (Wildman–Crippen LogP) is 5.22. The van der Waals surface area contributed by atoms with E-state index in [1.54, 1.807) is 0 Å². The fourth-order valence-corrected chi connectivity index (χ4v) is 4.84. The maximum atomic E-state index is 6.32. The van der Waals surface area contributed by atoms with Crippen LogP contribution in [-0.2, 0) is 6.42 Å². The normalized spacial score (nSPS) is 16.6. The summed E-state index contributed by atoms with van der Waals surface area (Å²) in [5, 5.41) is 7.24. The zero-order valence-electron chi connectivity index (χ0n) is 20.0. The van der Waals surface area contributed by atoms with Crippen LogP contribution in [-0.4, -0.2) is 50.7 Å². The molecule has 0 spiro atoms. The Morgan fingerprint density at radius 1 is 0.970 bits per heavy atom. The minimum atomic E-state index is 0.164. The summed E-state index contributed by atoms with van der Waals surface area (Å²) in [6.45, 7) is 8.70. The smallest absolute Gasteiger partial charge is 0.320 e. The van der Waals surface area contributed by atoms with E-state index < -0.39 is 0 Å². The van der Waals surface area contributed by atoms with Crippen molar-refractivity contribution in [2.24, 2.45) is 0 Å². The van der Waals surface area contributed by atoms with Crippen LogP contribution in [0.5, 0.6) is 6.01 Å². The van der Waals surface area contributed by atoms with Gasteiger partial charge in [0, 0.05) is 25.1 Å². The summed E-state index contributed by atoms with van der Waals surface area (Å²) < 4.78 is 8.24. The zero-order valence-corrected chi connectivity index (χ0v) is 20.0. The lowest BCUT2D eigenvalue weighted by molar-refractivity contribution is 0.105. The molecule has 5 rings (SSSR count). The molecule has 1 aliphatic rings. The van der Waals surface area contributed by atoms with Gasteiger partial charge in [-0.1, -0.05) is 63.2 Å². The van der Waals surface area contributed by atoms with Gasteiger partial charge in [0.25, 0.3) is 0 Å². The van der Waals surface area contributed by atoms with E-state index in [2.05, 4.69) is 80.3 Å². The monoisotopic (exact) mass is 443 g/mol. The molecular formula is C27H33N5O. The number of piperidine rings is 1. The number of likely N-dealkylation sites (tertiary alicyclic amines) is 1. The van der Waals surface area contributed by atoms with Crippen molar-refractivity contribution in [1.82, 2.24) is 24.5 Å². The lowest BCUT2D eigenvalue weighted by Gasteiger charge is -2.28. The highest BCUT2D eigenvalue weighted by Gasteiger charge is 2.23. The van der Waals surface area contributed by atoms with Crippen LogP contribution in [0.15, 0.2) is 48.7 Å². The van der Waals surface area contributed by atoms with Gasteiger partial charge in [-0.2, -0.15) is 15.1 Å². The molecule has 0 aliphatic carbocycles. The van der Waals surface area contributed by atoms with E-state index in [0.717, 1.165) is 49.4 Å². The SMILES string of the molecule is CC(C)c1cnn2c(C[C@@H](C)c3cccc4ccccc34)nc(OC3CCN(C)CC3)nc12. The van der Waals surface area contributed by atoms with E-state index in [0.29, 0.717) is 11.9 Å². The molecule has 0 radical (unpaired) electrons. The van der Waals surface area contributed by atoms with Crippen molar-refractivity contribution < 1.29 is 4.74 Å². The Hall–Kier alpha value is -2.99. The number of benzene rings is 2. The van der Waals surface area contributed by atoms with Gasteiger partial charge >= 0.3 is 6.01 Å². The van der Waals surface area contributed by atoms with Gasteiger partial charge in [-0.25, -0.2) is 4.52 Å². The summed E-state index contributed by atoms with van der Waals surface area (Å²) in [6.07, 6.45) is 4.86. The van der Waals surface area contributed by atoms with Crippen molar-refractivity contribution in [3.05, 3.63) is 65.6 Å². The van der Waals surface area contributed by atoms with Gasteiger partial charge in [-0.3, -0.25) is 0 Å². The summed E-state index contributed by atoms with van der Waals surface area (Å²) in [6, 6.07) is 15.6. The average molecular weight is 444 g/mol. The molecule has 1 atom stereocenters. The van der Waals surface area contributed by atoms with Crippen LogP contribution < -0.4 is 4.74 Å². The summed E-state index contributed by atoms with van der Waals surface area (Å²) in [5.41, 5.74) is 3.32. The first kappa shape index (κ1) is 21.8. The molecule has 4 aromatic rings. The number of rotatable bonds is 6. The molecule has 1 aliphatic heterocycles. The number of hydrogen-bond acceptors (Lipinski definition) is 5. The van der Waals surface area contributed by atoms with E-state index in [-0.39, 0.29) is 12.0 Å². The molecule has 33 heavy (non-hydrogen) atoms. The highest BCUT2D eigenvalue weighted by atomic mass is 16.5. The number of ether oxygens (including phenoxy) is 1. The molecule has 0 unspecified atom stereocenters. The van der Waals surface area contributed by atoms with Crippen LogP contribution in [0.1, 0.15) is 62.4 Å². The second-order valence-electron chi connectivity index (χ2n) is 9.71. The van der Waals surface area contributed by atoms with Crippen LogP contribution in [0.2, 0.25) is 0 Å². The van der Waals surface area contributed by atoms with Crippen LogP contribution in [0.4, 0.5) is 0 Å². The predicted molar refractivity (Wildman–Crippen MR) is 132 cm³/mol. The molecule has 1 saturated heterocycles. The standard InChI is InChI=1S/C27H33N5O/c1-18(2)24-17-28-32-25(16-19(3)22-11-7-9-20-8-5-6-10-23(20)22)29-27(30-26(24)32)33-21-12-14-31(4)15-13-21/h5-11,17-19,21H,12-16H2,1-4H3/t19-/m1/s1. The maximum absolute atomic E-state index is 6.32. The summed E-state index contributed by atoms with van der Waals surface area (Å²) >= 11 is 0. The van der Waals surface area contributed by atoms with Gasteiger partial charge < -0.3 is 9.64 Å². The van der Waals surface area contributed by atoms with Crippen LogP contribution in [0.25, 0.3) is 16.4 Å². The van der Waals surface area contributed by atoms with E-state index in [1.165, 1.54) is 16.3 Å². The fraction of sp³-hybridized carbons (Fsp3) is 0.444. The molecule has 0 bridgehead atoms. The summed E-state index contributed by atoms with van der Waals surface area (Å²) in [4.78, 5) is 12.0. The van der Waals surface area contributed by atoms with Gasteiger partial charge in [-0.05, 0) is 48.1 Å². The Morgan fingerprint density at radius 3 is 2.52 bits per heavy atom. The summed E-state index contributed by atoms with van der Waals surface area (Å²) in [7, 11) is 2.16. The van der Waals surface area contributed by atoms with Crippen molar-refractivity contribution in [1.29, 1.82) is 0 Å². The Morgan fingerprint density at radius 2 is 1.73 bits per heavy atom. The van der Waals surface area contributed by atoms with E-state index in [1.807, 2.05) is 10.7 Å². The van der Waals surface area contributed by atoms with E-state index in [4.69, 9.17) is 14.7 Å². The first-order valence-electron chi connectivity index (χ1n) is 12.1. The third kappa shape index (κ3) is 4.44. The number of fused-ring (bicyclic) bond motifs is 2. The first-order valence-corrected chi connectivity index (χ1v) is 12.1. The van der Waals surface area contributed by atoms with Crippen molar-refractivity contribution in [2.45, 2.75) is 58.0 Å². The molecule has 2 aromatic carbocycles. The van der Waals surface area contributed by atoms with Crippen LogP contribution in [0.3, 0.4) is 0 Å². The molecule has 2 aromatic heterocycles. The minimum Gasteiger partial charge on any atom is -0.460 e. The fourth-order valence-electron chi connectivity index (χ4n) is 4.84. The number of hydrogen-bond donors (Lipinski definition) is 0. The molecule has 0 saturated carbocycles. The van der Waals surface area contributed by atoms with Crippen molar-refractivity contribution >= 4 is 16.4 Å². The maximum Gasteiger partial charge on any atom is 0.320 e. The topological polar surface area (TPSA) is 55.6 Å². The quantitative estimate of drug-likeness (QED) is 0.409. The minimum absolute atomic E-state index is 0.164. The van der Waals surface area contributed by atoms with Crippen molar-refractivity contribution in [3.8, 4) is 6.01 Å². The first-order chi connectivity index (χ1) is 16.0. The third-order valence-electron chi connectivity index (χ3n) is 6.84. The molecule has 6 heteroatoms. The molecule has 0 amide bonds. The average Bonchev–Trinajstić information content (AvgIpc) is 3.25. The molecule has 0 N–H and O–H groups in total. The Labute approximate surface area is 195 Å². The van der Waals surface area contributed by atoms with Gasteiger partial charge in [0.2, 0.25) is 0 Å². The Kier molecular flexibility index (Phi) is 6.02. The van der Waals surface area contributed by atoms with Crippen molar-refractivity contribution in [3.63, 3.8) is 0 Å². The molecule has 172 valence electrons. The Balaban J connectivity index is 1.50. The largest absolute Gasteiger partial charge is 0.460 e. The van der Waals surface area contributed by atoms with Crippen LogP contribution >= 0.6 is 0 Å². The van der Waals surface area contributed by atoms with Gasteiger partial charge in [-0.15, -0.1) is 0 Å². The molecule has 3 heterocycles. The highest BCUT2D eigenvalue weighted by Crippen LogP contribution is 2.29. The number of aromatic nitrogens is 4. The molecular weight excluding hydrogens is 410 g/mol. The molecule has 6 nitrogen and oxygen atoms in total. The second kappa shape index (κ2) is 9.10. The Bertz CT molecular complexity index is 1250. The van der Waals surface area contributed by atoms with Gasteiger partial charge in [0.15, 0.2) is 5.65 Å². The highest BCUT2D eigenvalue weighted by molar-refractivity contribution is 5.86. The van der Waals surface area contributed by atoms with E-state index in [9.17, 15) is 0 Å². The van der Waals surface area contributed by atoms with Gasteiger partial charge in [0.05, 0.1) is 6.20 Å². The van der Waals surface area contributed by atoms with E-state index >= 15 is 0 Å². The number of nitrogens with zero attached hydrogens (tertiary/aromatic N) is 5. The summed E-state index contributed by atoms with van der Waals surface area (Å²) in [5.74, 6) is 1.50. The van der Waals surface area contributed by atoms with Crippen molar-refractivity contribution in [2.75, 3.05) is 20.1 Å². The molecule has 1 fully saturated rings. The third-order valence-corrected chi connectivity index (χ3v) is 6.84. The second-order valence-corrected chi connectivity index (χ2v) is 9.71. The van der Waals surface area contributed by atoms with Crippen LogP contribution in [0, 0.1) is 0 Å². The van der Waals surface area contributed by atoms with Gasteiger partial charge in [0.1, 0.15) is 11.9 Å². The zero-order chi connectivity index (χ0) is 22.9. The lowest BCUT2D eigenvalue weighted by atomic mass is 9.92.